The maximum absolute atomic E-state index is 4.56. The van der Waals surface area contributed by atoms with E-state index in [1.54, 1.807) is 0 Å². The first-order valence-electron chi connectivity index (χ1n) is 5.30. The molecule has 0 radical (unpaired) electrons. The minimum atomic E-state index is 0.568. The van der Waals surface area contributed by atoms with Crippen molar-refractivity contribution in [2.75, 3.05) is 0 Å². The zero-order valence-corrected chi connectivity index (χ0v) is 9.14. The fourth-order valence-corrected chi connectivity index (χ4v) is 1.47. The summed E-state index contributed by atoms with van der Waals surface area (Å²) >= 11 is 0. The lowest BCUT2D eigenvalue weighted by molar-refractivity contribution is 0.836. The van der Waals surface area contributed by atoms with Crippen molar-refractivity contribution in [3.05, 3.63) is 48.2 Å². The number of allylic oxidation sites excluding steroid dienone is 1. The van der Waals surface area contributed by atoms with Crippen LogP contribution in [-0.4, -0.2) is 4.98 Å². The third-order valence-electron chi connectivity index (χ3n) is 2.27. The van der Waals surface area contributed by atoms with Crippen molar-refractivity contribution in [1.82, 2.24) is 4.98 Å². The first-order valence-corrected chi connectivity index (χ1v) is 5.30. The number of para-hydroxylation sites is 1. The molecule has 0 aliphatic heterocycles. The monoisotopic (exact) mass is 197 g/mol. The number of aromatic nitrogens is 1. The van der Waals surface area contributed by atoms with Crippen molar-refractivity contribution >= 4 is 17.0 Å². The van der Waals surface area contributed by atoms with Gasteiger partial charge in [0, 0.05) is 5.39 Å². The summed E-state index contributed by atoms with van der Waals surface area (Å²) in [5, 5.41) is 1.19. The number of hydrogen-bond acceptors (Lipinski definition) is 1. The van der Waals surface area contributed by atoms with Crippen molar-refractivity contribution in [2.24, 2.45) is 5.92 Å². The number of fused-ring (bicyclic) bond motifs is 1. The van der Waals surface area contributed by atoms with E-state index >= 15 is 0 Å². The minimum absolute atomic E-state index is 0.568. The zero-order valence-electron chi connectivity index (χ0n) is 9.14. The predicted octanol–water partition coefficient (Wildman–Crippen LogP) is 3.90. The van der Waals surface area contributed by atoms with Crippen LogP contribution in [0.3, 0.4) is 0 Å². The van der Waals surface area contributed by atoms with Gasteiger partial charge in [-0.25, -0.2) is 4.98 Å². The van der Waals surface area contributed by atoms with Gasteiger partial charge < -0.3 is 0 Å². The van der Waals surface area contributed by atoms with E-state index in [1.165, 1.54) is 5.39 Å². The molecule has 0 N–H and O–H groups in total. The molecule has 0 spiro atoms. The lowest BCUT2D eigenvalue weighted by atomic mass is 10.1. The van der Waals surface area contributed by atoms with Crippen LogP contribution in [-0.2, 0) is 0 Å². The Morgan fingerprint density at radius 1 is 1.07 bits per heavy atom. The third-order valence-corrected chi connectivity index (χ3v) is 2.27. The highest BCUT2D eigenvalue weighted by molar-refractivity contribution is 5.79. The Balaban J connectivity index is 2.39. The van der Waals surface area contributed by atoms with Gasteiger partial charge in [0.2, 0.25) is 0 Å². The van der Waals surface area contributed by atoms with Crippen LogP contribution in [0.5, 0.6) is 0 Å². The molecular formula is C14H15N. The van der Waals surface area contributed by atoms with E-state index < -0.39 is 0 Å². The molecule has 0 aliphatic rings. The molecule has 2 rings (SSSR count). The summed E-state index contributed by atoms with van der Waals surface area (Å²) in [5.41, 5.74) is 2.09. The number of pyridine rings is 1. The van der Waals surface area contributed by atoms with Crippen molar-refractivity contribution in [1.29, 1.82) is 0 Å². The molecule has 15 heavy (non-hydrogen) atoms. The second-order valence-electron chi connectivity index (χ2n) is 4.03. The quantitative estimate of drug-likeness (QED) is 0.711. The molecule has 0 saturated heterocycles. The largest absolute Gasteiger partial charge is 0.248 e. The molecule has 0 atom stereocenters. The number of rotatable bonds is 2. The standard InChI is InChI=1S/C14H15N/c1-11(2)7-9-13-10-8-12-5-3-4-6-14(12)15-13/h3-11H,1-2H3/b9-7+. The van der Waals surface area contributed by atoms with E-state index in [0.29, 0.717) is 5.92 Å². The van der Waals surface area contributed by atoms with Gasteiger partial charge in [0.25, 0.3) is 0 Å². The SMILES string of the molecule is CC(C)/C=C/c1ccc2ccccc2n1. The van der Waals surface area contributed by atoms with Crippen molar-refractivity contribution in [3.63, 3.8) is 0 Å². The molecule has 1 aromatic carbocycles. The first kappa shape index (κ1) is 9.91. The van der Waals surface area contributed by atoms with Crippen molar-refractivity contribution in [2.45, 2.75) is 13.8 Å². The van der Waals surface area contributed by atoms with E-state index in [0.717, 1.165) is 11.2 Å². The molecular weight excluding hydrogens is 182 g/mol. The summed E-state index contributed by atoms with van der Waals surface area (Å²) in [6, 6.07) is 12.3. The van der Waals surface area contributed by atoms with E-state index in [9.17, 15) is 0 Å². The number of hydrogen-bond donors (Lipinski definition) is 0. The third kappa shape index (κ3) is 2.44. The molecule has 2 aromatic rings. The van der Waals surface area contributed by atoms with Crippen LogP contribution in [0.2, 0.25) is 0 Å². The molecule has 1 nitrogen and oxygen atoms in total. The predicted molar refractivity (Wildman–Crippen MR) is 65.6 cm³/mol. The Bertz CT molecular complexity index is 483. The van der Waals surface area contributed by atoms with Gasteiger partial charge in [-0.2, -0.15) is 0 Å². The minimum Gasteiger partial charge on any atom is -0.248 e. The van der Waals surface area contributed by atoms with E-state index in [2.05, 4.69) is 49.2 Å². The van der Waals surface area contributed by atoms with Crippen molar-refractivity contribution in [3.8, 4) is 0 Å². The first-order chi connectivity index (χ1) is 7.25. The van der Waals surface area contributed by atoms with Gasteiger partial charge in [-0.05, 0) is 24.1 Å². The number of benzene rings is 1. The summed E-state index contributed by atoms with van der Waals surface area (Å²) in [6.07, 6.45) is 4.24. The Kier molecular flexibility index (Phi) is 2.82. The van der Waals surface area contributed by atoms with Crippen molar-refractivity contribution < 1.29 is 0 Å². The summed E-state index contributed by atoms with van der Waals surface area (Å²) in [5.74, 6) is 0.568. The molecule has 0 bridgehead atoms. The maximum atomic E-state index is 4.56. The van der Waals surface area contributed by atoms with E-state index in [4.69, 9.17) is 0 Å². The Morgan fingerprint density at radius 2 is 1.87 bits per heavy atom. The summed E-state index contributed by atoms with van der Waals surface area (Å²) in [7, 11) is 0. The topological polar surface area (TPSA) is 12.9 Å². The maximum Gasteiger partial charge on any atom is 0.0709 e. The Morgan fingerprint density at radius 3 is 2.67 bits per heavy atom. The van der Waals surface area contributed by atoms with Gasteiger partial charge in [0.15, 0.2) is 0 Å². The summed E-state index contributed by atoms with van der Waals surface area (Å²) < 4.78 is 0. The van der Waals surface area contributed by atoms with Gasteiger partial charge >= 0.3 is 0 Å². The highest BCUT2D eigenvalue weighted by Gasteiger charge is 1.94. The average Bonchev–Trinajstić information content (AvgIpc) is 2.26. The van der Waals surface area contributed by atoms with Crippen LogP contribution >= 0.6 is 0 Å². The smallest absolute Gasteiger partial charge is 0.0709 e. The molecule has 1 aromatic heterocycles. The lowest BCUT2D eigenvalue weighted by Crippen LogP contribution is -1.84. The fourth-order valence-electron chi connectivity index (χ4n) is 1.47. The Hall–Kier alpha value is -1.63. The fraction of sp³-hybridized carbons (Fsp3) is 0.214. The summed E-state index contributed by atoms with van der Waals surface area (Å²) in [6.45, 7) is 4.33. The average molecular weight is 197 g/mol. The zero-order chi connectivity index (χ0) is 10.7. The van der Waals surface area contributed by atoms with E-state index in [1.807, 2.05) is 18.2 Å². The molecule has 0 fully saturated rings. The number of nitrogens with zero attached hydrogens (tertiary/aromatic N) is 1. The van der Waals surface area contributed by atoms with Crippen LogP contribution in [0.4, 0.5) is 0 Å². The van der Waals surface area contributed by atoms with Gasteiger partial charge in [-0.3, -0.25) is 0 Å². The normalized spacial score (nSPS) is 11.7. The molecule has 1 heterocycles. The van der Waals surface area contributed by atoms with E-state index in [-0.39, 0.29) is 0 Å². The molecule has 0 saturated carbocycles. The van der Waals surface area contributed by atoms with Crippen LogP contribution in [0.15, 0.2) is 42.5 Å². The molecule has 76 valence electrons. The van der Waals surface area contributed by atoms with Crippen LogP contribution in [0, 0.1) is 5.92 Å². The molecule has 0 aliphatic carbocycles. The lowest BCUT2D eigenvalue weighted by Gasteiger charge is -1.99. The van der Waals surface area contributed by atoms with Gasteiger partial charge in [-0.15, -0.1) is 0 Å². The second-order valence-corrected chi connectivity index (χ2v) is 4.03. The summed E-state index contributed by atoms with van der Waals surface area (Å²) in [4.78, 5) is 4.56. The van der Waals surface area contributed by atoms with Crippen LogP contribution in [0.25, 0.3) is 17.0 Å². The highest BCUT2D eigenvalue weighted by Crippen LogP contribution is 2.12. The van der Waals surface area contributed by atoms with Gasteiger partial charge in [-0.1, -0.05) is 44.2 Å². The highest BCUT2D eigenvalue weighted by atomic mass is 14.7. The molecule has 1 heteroatoms. The molecule has 0 amide bonds. The van der Waals surface area contributed by atoms with Gasteiger partial charge in [0.05, 0.1) is 11.2 Å². The molecule has 0 unspecified atom stereocenters. The van der Waals surface area contributed by atoms with Gasteiger partial charge in [0.1, 0.15) is 0 Å². The second kappa shape index (κ2) is 4.26. The van der Waals surface area contributed by atoms with Crippen LogP contribution < -0.4 is 0 Å². The van der Waals surface area contributed by atoms with Crippen LogP contribution in [0.1, 0.15) is 19.5 Å². The Labute approximate surface area is 90.5 Å².